The Morgan fingerprint density at radius 2 is 1.94 bits per heavy atom. The number of halogens is 1. The van der Waals surface area contributed by atoms with Crippen LogP contribution in [0, 0.1) is 0 Å². The molecule has 0 aliphatic carbocycles. The average Bonchev–Trinajstić information content (AvgIpc) is 2.25. The molecule has 0 heterocycles. The molecule has 4 nitrogen and oxygen atoms in total. The lowest BCUT2D eigenvalue weighted by atomic mass is 10.3. The first-order chi connectivity index (χ1) is 7.59. The molecule has 0 amide bonds. The van der Waals surface area contributed by atoms with Gasteiger partial charge < -0.3 is 9.47 Å². The van der Waals surface area contributed by atoms with Crippen LogP contribution < -0.4 is 4.74 Å². The minimum Gasteiger partial charge on any atom is -0.484 e. The maximum absolute atomic E-state index is 11.2. The van der Waals surface area contributed by atoms with Crippen LogP contribution in [-0.4, -0.2) is 25.0 Å². The molecule has 0 spiro atoms. The minimum absolute atomic E-state index is 0.170. The summed E-state index contributed by atoms with van der Waals surface area (Å²) in [6.45, 7) is 0.791. The number of para-hydroxylation sites is 1. The summed E-state index contributed by atoms with van der Waals surface area (Å²) in [4.78, 5) is 21.6. The largest absolute Gasteiger partial charge is 0.484 e. The van der Waals surface area contributed by atoms with E-state index in [2.05, 4.69) is 4.74 Å². The van der Waals surface area contributed by atoms with Gasteiger partial charge in [0.15, 0.2) is 13.2 Å². The molecular formula is C11H11ClO4. The van der Waals surface area contributed by atoms with E-state index in [-0.39, 0.29) is 19.0 Å². The van der Waals surface area contributed by atoms with Crippen LogP contribution in [0.5, 0.6) is 5.75 Å². The third-order valence-electron chi connectivity index (χ3n) is 1.66. The van der Waals surface area contributed by atoms with Gasteiger partial charge in [-0.1, -0.05) is 23.7 Å². The van der Waals surface area contributed by atoms with Crippen molar-refractivity contribution in [2.45, 2.75) is 6.92 Å². The summed E-state index contributed by atoms with van der Waals surface area (Å²) < 4.78 is 9.68. The highest BCUT2D eigenvalue weighted by Crippen LogP contribution is 2.22. The molecular weight excluding hydrogens is 232 g/mol. The fraction of sp³-hybridized carbons (Fsp3) is 0.273. The van der Waals surface area contributed by atoms with Crippen LogP contribution in [0.2, 0.25) is 5.02 Å². The van der Waals surface area contributed by atoms with E-state index in [1.165, 1.54) is 6.92 Å². The molecule has 5 heteroatoms. The van der Waals surface area contributed by atoms with E-state index in [1.807, 2.05) is 0 Å². The Labute approximate surface area is 98.1 Å². The lowest BCUT2D eigenvalue weighted by Gasteiger charge is -2.06. The quantitative estimate of drug-likeness (QED) is 0.740. The highest BCUT2D eigenvalue weighted by atomic mass is 35.5. The summed E-state index contributed by atoms with van der Waals surface area (Å²) in [5.74, 6) is -0.387. The van der Waals surface area contributed by atoms with Crippen molar-refractivity contribution in [2.24, 2.45) is 0 Å². The van der Waals surface area contributed by atoms with E-state index in [4.69, 9.17) is 16.3 Å². The average molecular weight is 243 g/mol. The van der Waals surface area contributed by atoms with Crippen LogP contribution in [0.25, 0.3) is 0 Å². The number of carbonyl (C=O) groups is 2. The molecule has 16 heavy (non-hydrogen) atoms. The first-order valence-corrected chi connectivity index (χ1v) is 5.00. The van der Waals surface area contributed by atoms with Gasteiger partial charge in [-0.25, -0.2) is 0 Å². The molecule has 0 bridgehead atoms. The molecule has 0 saturated carbocycles. The van der Waals surface area contributed by atoms with Crippen molar-refractivity contribution in [3.05, 3.63) is 29.3 Å². The van der Waals surface area contributed by atoms with Gasteiger partial charge in [0.1, 0.15) is 5.75 Å². The molecule has 0 aliphatic rings. The lowest BCUT2D eigenvalue weighted by molar-refractivity contribution is -0.146. The second kappa shape index (κ2) is 6.12. The van der Waals surface area contributed by atoms with Crippen LogP contribution in [0.3, 0.4) is 0 Å². The van der Waals surface area contributed by atoms with Gasteiger partial charge in [0, 0.05) is 6.92 Å². The molecule has 0 saturated heterocycles. The van der Waals surface area contributed by atoms with Gasteiger partial charge in [0.05, 0.1) is 5.02 Å². The second-order valence-corrected chi connectivity index (χ2v) is 3.45. The van der Waals surface area contributed by atoms with Gasteiger partial charge in [-0.15, -0.1) is 0 Å². The van der Waals surface area contributed by atoms with Crippen molar-refractivity contribution in [1.82, 2.24) is 0 Å². The summed E-state index contributed by atoms with van der Waals surface area (Å²) in [6, 6.07) is 6.82. The zero-order valence-corrected chi connectivity index (χ0v) is 9.49. The summed E-state index contributed by atoms with van der Waals surface area (Å²) >= 11 is 5.81. The number of Topliss-reactive ketones (excluding diaryl/α,β-unsaturated/α-hetero) is 1. The summed E-state index contributed by atoms with van der Waals surface area (Å²) in [7, 11) is 0. The van der Waals surface area contributed by atoms with Gasteiger partial charge in [-0.2, -0.15) is 0 Å². The molecule has 1 rings (SSSR count). The lowest BCUT2D eigenvalue weighted by Crippen LogP contribution is -2.18. The van der Waals surface area contributed by atoms with Crippen molar-refractivity contribution in [1.29, 1.82) is 0 Å². The molecule has 0 radical (unpaired) electrons. The maximum atomic E-state index is 11.2. The SMILES string of the molecule is CC(=O)OCC(=O)COc1ccccc1Cl. The van der Waals surface area contributed by atoms with Crippen LogP contribution in [0.15, 0.2) is 24.3 Å². The number of carbonyl (C=O) groups excluding carboxylic acids is 2. The number of hydrogen-bond acceptors (Lipinski definition) is 4. The van der Waals surface area contributed by atoms with Crippen LogP contribution >= 0.6 is 11.6 Å². The molecule has 0 N–H and O–H groups in total. The monoisotopic (exact) mass is 242 g/mol. The fourth-order valence-electron chi connectivity index (χ4n) is 0.944. The molecule has 0 aliphatic heterocycles. The molecule has 0 aromatic heterocycles. The predicted molar refractivity (Wildman–Crippen MR) is 58.6 cm³/mol. The zero-order valence-electron chi connectivity index (χ0n) is 8.73. The van der Waals surface area contributed by atoms with E-state index in [0.29, 0.717) is 10.8 Å². The van der Waals surface area contributed by atoms with Crippen molar-refractivity contribution >= 4 is 23.4 Å². The van der Waals surface area contributed by atoms with E-state index in [0.717, 1.165) is 0 Å². The van der Waals surface area contributed by atoms with Gasteiger partial charge in [0.25, 0.3) is 0 Å². The molecule has 0 fully saturated rings. The van der Waals surface area contributed by atoms with E-state index >= 15 is 0 Å². The van der Waals surface area contributed by atoms with Crippen molar-refractivity contribution in [3.8, 4) is 5.75 Å². The molecule has 1 aromatic rings. The number of benzene rings is 1. The van der Waals surface area contributed by atoms with E-state index in [9.17, 15) is 9.59 Å². The Morgan fingerprint density at radius 3 is 2.56 bits per heavy atom. The number of ether oxygens (including phenoxy) is 2. The fourth-order valence-corrected chi connectivity index (χ4v) is 1.13. The summed E-state index contributed by atoms with van der Waals surface area (Å²) in [5, 5.41) is 0.433. The van der Waals surface area contributed by atoms with Gasteiger partial charge in [-0.3, -0.25) is 9.59 Å². The Morgan fingerprint density at radius 1 is 1.25 bits per heavy atom. The summed E-state index contributed by atoms with van der Waals surface area (Å²) in [5.41, 5.74) is 0. The molecule has 0 atom stereocenters. The molecule has 0 unspecified atom stereocenters. The van der Waals surface area contributed by atoms with Crippen molar-refractivity contribution < 1.29 is 19.1 Å². The van der Waals surface area contributed by atoms with Crippen LogP contribution in [0.1, 0.15) is 6.92 Å². The van der Waals surface area contributed by atoms with Crippen LogP contribution in [-0.2, 0) is 14.3 Å². The van der Waals surface area contributed by atoms with Gasteiger partial charge in [0.2, 0.25) is 5.78 Å². The third kappa shape index (κ3) is 4.31. The number of rotatable bonds is 5. The smallest absolute Gasteiger partial charge is 0.303 e. The Kier molecular flexibility index (Phi) is 4.79. The van der Waals surface area contributed by atoms with Gasteiger partial charge >= 0.3 is 5.97 Å². The molecule has 1 aromatic carbocycles. The zero-order chi connectivity index (χ0) is 12.0. The predicted octanol–water partition coefficient (Wildman–Crippen LogP) is 1.85. The minimum atomic E-state index is -0.494. The normalized spacial score (nSPS) is 9.62. The van der Waals surface area contributed by atoms with E-state index < -0.39 is 5.97 Å². The third-order valence-corrected chi connectivity index (χ3v) is 1.97. The first kappa shape index (κ1) is 12.5. The van der Waals surface area contributed by atoms with Gasteiger partial charge in [-0.05, 0) is 12.1 Å². The topological polar surface area (TPSA) is 52.6 Å². The number of esters is 1. The van der Waals surface area contributed by atoms with Crippen molar-refractivity contribution in [3.63, 3.8) is 0 Å². The Balaban J connectivity index is 2.37. The first-order valence-electron chi connectivity index (χ1n) is 4.62. The second-order valence-electron chi connectivity index (χ2n) is 3.04. The Hall–Kier alpha value is -1.55. The van der Waals surface area contributed by atoms with Crippen LogP contribution in [0.4, 0.5) is 0 Å². The maximum Gasteiger partial charge on any atom is 0.303 e. The Bertz CT molecular complexity index is 389. The van der Waals surface area contributed by atoms with Crippen molar-refractivity contribution in [2.75, 3.05) is 13.2 Å². The number of hydrogen-bond donors (Lipinski definition) is 0. The molecule has 86 valence electrons. The highest BCUT2D eigenvalue weighted by Gasteiger charge is 2.06. The summed E-state index contributed by atoms with van der Waals surface area (Å²) in [6.07, 6.45) is 0. The highest BCUT2D eigenvalue weighted by molar-refractivity contribution is 6.32. The number of ketones is 1. The standard InChI is InChI=1S/C11H11ClO4/c1-8(13)15-6-9(14)7-16-11-5-3-2-4-10(11)12/h2-5H,6-7H2,1H3. The van der Waals surface area contributed by atoms with E-state index in [1.54, 1.807) is 24.3 Å².